The standard InChI is InChI=1S/C6H9NS/c1-6-5-8-4-3-7(6)2/h3-5H,1-2H3. The molecule has 0 amide bonds. The molecule has 0 atom stereocenters. The van der Waals surface area contributed by atoms with Crippen LogP contribution in [0.15, 0.2) is 22.7 Å². The Kier molecular flexibility index (Phi) is 1.63. The molecule has 0 spiro atoms. The maximum atomic E-state index is 2.12. The van der Waals surface area contributed by atoms with Gasteiger partial charge in [-0.15, -0.1) is 11.8 Å². The van der Waals surface area contributed by atoms with Gasteiger partial charge in [0.1, 0.15) is 0 Å². The van der Waals surface area contributed by atoms with Crippen LogP contribution in [-0.2, 0) is 0 Å². The van der Waals surface area contributed by atoms with Crippen molar-refractivity contribution in [2.24, 2.45) is 0 Å². The van der Waals surface area contributed by atoms with E-state index >= 15 is 0 Å². The van der Waals surface area contributed by atoms with E-state index in [9.17, 15) is 0 Å². The van der Waals surface area contributed by atoms with Gasteiger partial charge in [0.05, 0.1) is 0 Å². The van der Waals surface area contributed by atoms with Crippen LogP contribution in [0, 0.1) is 0 Å². The summed E-state index contributed by atoms with van der Waals surface area (Å²) in [5.74, 6) is 0. The van der Waals surface area contributed by atoms with E-state index in [2.05, 4.69) is 28.8 Å². The highest BCUT2D eigenvalue weighted by Crippen LogP contribution is 2.16. The first kappa shape index (κ1) is 5.76. The maximum Gasteiger partial charge on any atom is 0.0206 e. The lowest BCUT2D eigenvalue weighted by Crippen LogP contribution is -2.07. The van der Waals surface area contributed by atoms with Gasteiger partial charge in [-0.25, -0.2) is 0 Å². The molecule has 0 aliphatic carbocycles. The molecule has 0 aromatic rings. The number of thioether (sulfide) groups is 1. The number of rotatable bonds is 0. The third-order valence-electron chi connectivity index (χ3n) is 1.16. The minimum Gasteiger partial charge on any atom is -0.354 e. The van der Waals surface area contributed by atoms with E-state index < -0.39 is 0 Å². The van der Waals surface area contributed by atoms with E-state index in [1.165, 1.54) is 5.70 Å². The topological polar surface area (TPSA) is 3.24 Å². The van der Waals surface area contributed by atoms with Crippen LogP contribution in [0.3, 0.4) is 0 Å². The van der Waals surface area contributed by atoms with Crippen molar-refractivity contribution in [2.75, 3.05) is 7.05 Å². The molecule has 0 unspecified atom stereocenters. The van der Waals surface area contributed by atoms with Gasteiger partial charge in [-0.2, -0.15) is 0 Å². The molecular weight excluding hydrogens is 118 g/mol. The molecular formula is C6H9NS. The predicted molar refractivity (Wildman–Crippen MR) is 38.3 cm³/mol. The van der Waals surface area contributed by atoms with Crippen LogP contribution < -0.4 is 0 Å². The zero-order valence-electron chi connectivity index (χ0n) is 5.09. The van der Waals surface area contributed by atoms with Gasteiger partial charge in [-0.3, -0.25) is 0 Å². The van der Waals surface area contributed by atoms with E-state index in [1.807, 2.05) is 7.05 Å². The fourth-order valence-electron chi connectivity index (χ4n) is 0.465. The Morgan fingerprint density at radius 1 is 1.62 bits per heavy atom. The van der Waals surface area contributed by atoms with Crippen molar-refractivity contribution in [3.63, 3.8) is 0 Å². The summed E-state index contributed by atoms with van der Waals surface area (Å²) in [6.07, 6.45) is 2.06. The summed E-state index contributed by atoms with van der Waals surface area (Å²) in [4.78, 5) is 2.09. The highest BCUT2D eigenvalue weighted by Gasteiger charge is 1.95. The van der Waals surface area contributed by atoms with E-state index in [0.29, 0.717) is 0 Å². The summed E-state index contributed by atoms with van der Waals surface area (Å²) in [6, 6.07) is 0. The van der Waals surface area contributed by atoms with Crippen LogP contribution in [0.25, 0.3) is 0 Å². The van der Waals surface area contributed by atoms with Crippen LogP contribution in [0.2, 0.25) is 0 Å². The molecule has 0 radical (unpaired) electrons. The second-order valence-electron chi connectivity index (χ2n) is 1.79. The molecule has 0 N–H and O–H groups in total. The molecule has 0 fully saturated rings. The van der Waals surface area contributed by atoms with E-state index in [1.54, 1.807) is 11.8 Å². The van der Waals surface area contributed by atoms with Crippen LogP contribution >= 0.6 is 11.8 Å². The van der Waals surface area contributed by atoms with Crippen molar-refractivity contribution < 1.29 is 0 Å². The van der Waals surface area contributed by atoms with Crippen LogP contribution in [0.1, 0.15) is 6.92 Å². The number of allylic oxidation sites excluding steroid dienone is 1. The van der Waals surface area contributed by atoms with Gasteiger partial charge in [0.15, 0.2) is 0 Å². The van der Waals surface area contributed by atoms with Crippen molar-refractivity contribution in [1.29, 1.82) is 0 Å². The van der Waals surface area contributed by atoms with Crippen LogP contribution in [0.5, 0.6) is 0 Å². The first-order chi connectivity index (χ1) is 3.80. The normalized spacial score (nSPS) is 18.8. The van der Waals surface area contributed by atoms with Crippen molar-refractivity contribution in [1.82, 2.24) is 4.90 Å². The summed E-state index contributed by atoms with van der Waals surface area (Å²) in [7, 11) is 2.04. The average Bonchev–Trinajstić information content (AvgIpc) is 1.77. The summed E-state index contributed by atoms with van der Waals surface area (Å²) in [5, 5.41) is 4.19. The number of hydrogen-bond acceptors (Lipinski definition) is 2. The Morgan fingerprint density at radius 3 is 2.75 bits per heavy atom. The number of nitrogens with zero attached hydrogens (tertiary/aromatic N) is 1. The summed E-state index contributed by atoms with van der Waals surface area (Å²) in [6.45, 7) is 2.09. The Morgan fingerprint density at radius 2 is 2.38 bits per heavy atom. The third kappa shape index (κ3) is 1.07. The highest BCUT2D eigenvalue weighted by atomic mass is 32.2. The zero-order valence-corrected chi connectivity index (χ0v) is 5.90. The van der Waals surface area contributed by atoms with Gasteiger partial charge in [-0.05, 0) is 17.7 Å². The van der Waals surface area contributed by atoms with Gasteiger partial charge < -0.3 is 4.90 Å². The molecule has 1 aliphatic rings. The van der Waals surface area contributed by atoms with Crippen molar-refractivity contribution in [3.05, 3.63) is 22.7 Å². The summed E-state index contributed by atoms with van der Waals surface area (Å²) >= 11 is 1.72. The first-order valence-corrected chi connectivity index (χ1v) is 3.47. The molecule has 0 aromatic heterocycles. The Hall–Kier alpha value is -0.370. The monoisotopic (exact) mass is 127 g/mol. The Labute approximate surface area is 54.1 Å². The second kappa shape index (κ2) is 2.27. The van der Waals surface area contributed by atoms with Gasteiger partial charge in [-0.1, -0.05) is 0 Å². The zero-order chi connectivity index (χ0) is 5.98. The van der Waals surface area contributed by atoms with Crippen molar-refractivity contribution in [3.8, 4) is 0 Å². The minimum atomic E-state index is 1.30. The van der Waals surface area contributed by atoms with Crippen LogP contribution in [-0.4, -0.2) is 11.9 Å². The fraction of sp³-hybridized carbons (Fsp3) is 0.333. The maximum absolute atomic E-state index is 2.12. The second-order valence-corrected chi connectivity index (χ2v) is 2.57. The molecule has 1 heterocycles. The van der Waals surface area contributed by atoms with Gasteiger partial charge in [0.2, 0.25) is 0 Å². The largest absolute Gasteiger partial charge is 0.354 e. The summed E-state index contributed by atoms with van der Waals surface area (Å²) < 4.78 is 0. The lowest BCUT2D eigenvalue weighted by molar-refractivity contribution is 0.571. The number of hydrogen-bond donors (Lipinski definition) is 0. The molecule has 1 aliphatic heterocycles. The fourth-order valence-corrected chi connectivity index (χ4v) is 1.16. The average molecular weight is 127 g/mol. The van der Waals surface area contributed by atoms with Crippen LogP contribution in [0.4, 0.5) is 0 Å². The third-order valence-corrected chi connectivity index (χ3v) is 1.91. The molecule has 2 heteroatoms. The highest BCUT2D eigenvalue weighted by molar-refractivity contribution is 8.04. The Balaban J connectivity index is 2.63. The molecule has 1 nitrogen and oxygen atoms in total. The predicted octanol–water partition coefficient (Wildman–Crippen LogP) is 2.00. The van der Waals surface area contributed by atoms with Crippen molar-refractivity contribution in [2.45, 2.75) is 6.92 Å². The molecule has 0 saturated carbocycles. The van der Waals surface area contributed by atoms with E-state index in [4.69, 9.17) is 0 Å². The molecule has 0 saturated heterocycles. The lowest BCUT2D eigenvalue weighted by Gasteiger charge is -2.16. The first-order valence-electron chi connectivity index (χ1n) is 2.52. The SMILES string of the molecule is CC1=CSC=CN1C. The summed E-state index contributed by atoms with van der Waals surface area (Å²) in [5.41, 5.74) is 1.30. The van der Waals surface area contributed by atoms with E-state index in [0.717, 1.165) is 0 Å². The Bertz CT molecular complexity index is 137. The molecule has 44 valence electrons. The molecule has 8 heavy (non-hydrogen) atoms. The smallest absolute Gasteiger partial charge is 0.0206 e. The van der Waals surface area contributed by atoms with E-state index in [-0.39, 0.29) is 0 Å². The minimum absolute atomic E-state index is 1.30. The van der Waals surface area contributed by atoms with Gasteiger partial charge >= 0.3 is 0 Å². The quantitative estimate of drug-likeness (QED) is 0.489. The van der Waals surface area contributed by atoms with Gasteiger partial charge in [0.25, 0.3) is 0 Å². The molecule has 0 bridgehead atoms. The van der Waals surface area contributed by atoms with Gasteiger partial charge in [0, 0.05) is 18.9 Å². The molecule has 0 aromatic carbocycles. The lowest BCUT2D eigenvalue weighted by atomic mass is 10.5. The van der Waals surface area contributed by atoms with Crippen molar-refractivity contribution >= 4 is 11.8 Å². The molecule has 1 rings (SSSR count).